The Morgan fingerprint density at radius 1 is 1.17 bits per heavy atom. The molecule has 0 N–H and O–H groups in total. The molecule has 0 spiro atoms. The van der Waals surface area contributed by atoms with Crippen LogP contribution >= 0.6 is 0 Å². The molecule has 3 aromatic heterocycles. The van der Waals surface area contributed by atoms with Gasteiger partial charge in [0, 0.05) is 29.7 Å². The van der Waals surface area contributed by atoms with Gasteiger partial charge >= 0.3 is 0 Å². The van der Waals surface area contributed by atoms with Crippen LogP contribution in [-0.2, 0) is 19.4 Å². The topological polar surface area (TPSA) is 61.0 Å². The maximum Gasteiger partial charge on any atom is 0.232 e. The monoisotopic (exact) mass is 307 g/mol. The van der Waals surface area contributed by atoms with Crippen molar-refractivity contribution in [2.75, 3.05) is 0 Å². The first-order valence-electron chi connectivity index (χ1n) is 7.84. The lowest BCUT2D eigenvalue weighted by atomic mass is 9.90. The van der Waals surface area contributed by atoms with Gasteiger partial charge < -0.3 is 9.15 Å². The van der Waals surface area contributed by atoms with Crippen molar-refractivity contribution in [3.8, 4) is 17.0 Å². The van der Waals surface area contributed by atoms with Gasteiger partial charge in [-0.3, -0.25) is 4.98 Å². The molecule has 0 unspecified atom stereocenters. The van der Waals surface area contributed by atoms with Crippen molar-refractivity contribution < 1.29 is 9.15 Å². The average molecular weight is 307 g/mol. The van der Waals surface area contributed by atoms with Gasteiger partial charge in [0.1, 0.15) is 6.26 Å². The van der Waals surface area contributed by atoms with Crippen LogP contribution in [0.3, 0.4) is 0 Å². The Balaban J connectivity index is 1.70. The number of rotatable bonds is 4. The normalized spacial score (nSPS) is 13.6. The van der Waals surface area contributed by atoms with E-state index in [4.69, 9.17) is 9.15 Å². The van der Waals surface area contributed by atoms with Gasteiger partial charge in [-0.2, -0.15) is 0 Å². The zero-order valence-corrected chi connectivity index (χ0v) is 12.7. The standard InChI is InChI=1S/C18H17N3O2/c1-2-6-16-14(5-1)15(13-4-3-7-19-11-13)10-17(21-16)23-12-18-20-8-9-22-18/h3-4,7-11H,1-2,5-6,12H2. The minimum Gasteiger partial charge on any atom is -0.468 e. The van der Waals surface area contributed by atoms with Crippen molar-refractivity contribution in [3.63, 3.8) is 0 Å². The highest BCUT2D eigenvalue weighted by Crippen LogP contribution is 2.33. The van der Waals surface area contributed by atoms with E-state index in [1.54, 1.807) is 18.7 Å². The fourth-order valence-electron chi connectivity index (χ4n) is 2.99. The Bertz CT molecular complexity index is 786. The van der Waals surface area contributed by atoms with Crippen molar-refractivity contribution >= 4 is 0 Å². The number of aromatic nitrogens is 3. The second-order valence-electron chi connectivity index (χ2n) is 5.60. The molecule has 0 atom stereocenters. The van der Waals surface area contributed by atoms with E-state index in [1.165, 1.54) is 24.0 Å². The minimum atomic E-state index is 0.283. The van der Waals surface area contributed by atoms with E-state index in [2.05, 4.69) is 21.0 Å². The summed E-state index contributed by atoms with van der Waals surface area (Å²) >= 11 is 0. The first kappa shape index (κ1) is 13.9. The van der Waals surface area contributed by atoms with Crippen molar-refractivity contribution in [1.29, 1.82) is 0 Å². The van der Waals surface area contributed by atoms with Gasteiger partial charge in [0.2, 0.25) is 11.8 Å². The molecule has 4 rings (SSSR count). The Kier molecular flexibility index (Phi) is 3.76. The number of pyridine rings is 2. The molecule has 1 aliphatic rings. The summed E-state index contributed by atoms with van der Waals surface area (Å²) in [6, 6.07) is 6.04. The molecule has 0 fully saturated rings. The molecule has 0 bridgehead atoms. The Morgan fingerprint density at radius 3 is 2.96 bits per heavy atom. The van der Waals surface area contributed by atoms with Gasteiger partial charge in [-0.05, 0) is 42.9 Å². The first-order valence-corrected chi connectivity index (χ1v) is 7.84. The molecule has 23 heavy (non-hydrogen) atoms. The number of fused-ring (bicyclic) bond motifs is 1. The molecule has 3 heterocycles. The summed E-state index contributed by atoms with van der Waals surface area (Å²) in [5, 5.41) is 0. The molecule has 3 aromatic rings. The van der Waals surface area contributed by atoms with E-state index in [0.717, 1.165) is 24.1 Å². The van der Waals surface area contributed by atoms with E-state index < -0.39 is 0 Å². The summed E-state index contributed by atoms with van der Waals surface area (Å²) in [4.78, 5) is 13.0. The van der Waals surface area contributed by atoms with E-state index in [1.807, 2.05) is 18.3 Å². The fourth-order valence-corrected chi connectivity index (χ4v) is 2.99. The third-order valence-electron chi connectivity index (χ3n) is 4.08. The molecule has 0 saturated heterocycles. The van der Waals surface area contributed by atoms with Crippen LogP contribution in [0.5, 0.6) is 5.88 Å². The number of ether oxygens (including phenoxy) is 1. The quantitative estimate of drug-likeness (QED) is 0.737. The van der Waals surface area contributed by atoms with Crippen molar-refractivity contribution in [1.82, 2.24) is 15.0 Å². The van der Waals surface area contributed by atoms with Gasteiger partial charge in [0.05, 0.1) is 6.20 Å². The molecule has 116 valence electrons. The Labute approximate surface area is 134 Å². The molecule has 5 nitrogen and oxygen atoms in total. The number of nitrogens with zero attached hydrogens (tertiary/aromatic N) is 3. The lowest BCUT2D eigenvalue weighted by molar-refractivity contribution is 0.253. The zero-order chi connectivity index (χ0) is 15.5. The summed E-state index contributed by atoms with van der Waals surface area (Å²) in [6.07, 6.45) is 11.3. The van der Waals surface area contributed by atoms with Crippen LogP contribution in [0.1, 0.15) is 30.0 Å². The smallest absolute Gasteiger partial charge is 0.232 e. The lowest BCUT2D eigenvalue weighted by Crippen LogP contribution is -2.09. The predicted molar refractivity (Wildman–Crippen MR) is 84.9 cm³/mol. The minimum absolute atomic E-state index is 0.283. The third-order valence-corrected chi connectivity index (χ3v) is 4.08. The highest BCUT2D eigenvalue weighted by Gasteiger charge is 2.18. The largest absolute Gasteiger partial charge is 0.468 e. The zero-order valence-electron chi connectivity index (χ0n) is 12.7. The van der Waals surface area contributed by atoms with E-state index in [-0.39, 0.29) is 6.61 Å². The van der Waals surface area contributed by atoms with Crippen LogP contribution < -0.4 is 4.74 Å². The van der Waals surface area contributed by atoms with Crippen molar-refractivity contribution in [3.05, 3.63) is 60.2 Å². The fraction of sp³-hybridized carbons (Fsp3) is 0.278. The van der Waals surface area contributed by atoms with Crippen LogP contribution in [0, 0.1) is 0 Å². The number of hydrogen-bond acceptors (Lipinski definition) is 5. The molecular weight excluding hydrogens is 290 g/mol. The van der Waals surface area contributed by atoms with E-state index in [9.17, 15) is 0 Å². The van der Waals surface area contributed by atoms with E-state index in [0.29, 0.717) is 11.8 Å². The van der Waals surface area contributed by atoms with Gasteiger partial charge in [0.25, 0.3) is 0 Å². The molecule has 0 aliphatic heterocycles. The lowest BCUT2D eigenvalue weighted by Gasteiger charge is -2.20. The van der Waals surface area contributed by atoms with Crippen LogP contribution in [0.4, 0.5) is 0 Å². The molecule has 0 amide bonds. The maximum absolute atomic E-state index is 5.79. The Hall–Kier alpha value is -2.69. The summed E-state index contributed by atoms with van der Waals surface area (Å²) in [6.45, 7) is 0.283. The summed E-state index contributed by atoms with van der Waals surface area (Å²) < 4.78 is 11.0. The average Bonchev–Trinajstić information content (AvgIpc) is 3.13. The van der Waals surface area contributed by atoms with Gasteiger partial charge in [0.15, 0.2) is 6.61 Å². The van der Waals surface area contributed by atoms with Gasteiger partial charge in [-0.25, -0.2) is 9.97 Å². The van der Waals surface area contributed by atoms with Crippen LogP contribution in [0.2, 0.25) is 0 Å². The SMILES string of the molecule is c1cncc(-c2cc(OCc3ncco3)nc3c2CCCC3)c1. The second kappa shape index (κ2) is 6.20. The molecule has 0 radical (unpaired) electrons. The molecule has 5 heteroatoms. The van der Waals surface area contributed by atoms with Gasteiger partial charge in [-0.1, -0.05) is 6.07 Å². The van der Waals surface area contributed by atoms with Crippen molar-refractivity contribution in [2.24, 2.45) is 0 Å². The Morgan fingerprint density at radius 2 is 2.13 bits per heavy atom. The molecule has 0 saturated carbocycles. The molecular formula is C18H17N3O2. The molecule has 1 aliphatic carbocycles. The highest BCUT2D eigenvalue weighted by atomic mass is 16.5. The summed E-state index contributed by atoms with van der Waals surface area (Å²) in [5.41, 5.74) is 4.74. The highest BCUT2D eigenvalue weighted by molar-refractivity contribution is 5.68. The number of hydrogen-bond donors (Lipinski definition) is 0. The van der Waals surface area contributed by atoms with Crippen LogP contribution in [0.15, 0.2) is 47.5 Å². The summed E-state index contributed by atoms with van der Waals surface area (Å²) in [5.74, 6) is 1.16. The molecule has 0 aromatic carbocycles. The van der Waals surface area contributed by atoms with E-state index >= 15 is 0 Å². The van der Waals surface area contributed by atoms with Crippen LogP contribution in [0.25, 0.3) is 11.1 Å². The number of oxazole rings is 1. The maximum atomic E-state index is 5.79. The predicted octanol–water partition coefficient (Wildman–Crippen LogP) is 3.59. The van der Waals surface area contributed by atoms with Crippen LogP contribution in [-0.4, -0.2) is 15.0 Å². The van der Waals surface area contributed by atoms with Crippen molar-refractivity contribution in [2.45, 2.75) is 32.3 Å². The second-order valence-corrected chi connectivity index (χ2v) is 5.60. The first-order chi connectivity index (χ1) is 11.4. The van der Waals surface area contributed by atoms with Gasteiger partial charge in [-0.15, -0.1) is 0 Å². The summed E-state index contributed by atoms with van der Waals surface area (Å²) in [7, 11) is 0. The number of aryl methyl sites for hydroxylation is 1. The third kappa shape index (κ3) is 2.95.